The molecule has 0 spiro atoms. The molecule has 0 bridgehead atoms. The van der Waals surface area contributed by atoms with Gasteiger partial charge in [-0.15, -0.1) is 0 Å². The first-order chi connectivity index (χ1) is 7.99. The molecule has 1 rings (SSSR count). The lowest BCUT2D eigenvalue weighted by Gasteiger charge is -2.04. The Morgan fingerprint density at radius 1 is 1.29 bits per heavy atom. The number of hydrogen-bond donors (Lipinski definition) is 3. The maximum absolute atomic E-state index is 10.8. The minimum atomic E-state index is -0.0988. The first-order valence-electron chi connectivity index (χ1n) is 4.97. The molecule has 6 heteroatoms. The van der Waals surface area contributed by atoms with Crippen LogP contribution in [0.3, 0.4) is 0 Å². The zero-order valence-electron chi connectivity index (χ0n) is 9.65. The van der Waals surface area contributed by atoms with Crippen molar-refractivity contribution in [3.8, 4) is 0 Å². The molecule has 0 unspecified atom stereocenters. The van der Waals surface area contributed by atoms with E-state index in [1.807, 2.05) is 19.1 Å². The van der Waals surface area contributed by atoms with Crippen LogP contribution in [-0.4, -0.2) is 16.7 Å². The number of thiocarbonyl (C=S) groups is 1. The first kappa shape index (κ1) is 13.1. The van der Waals surface area contributed by atoms with Gasteiger partial charge in [0.2, 0.25) is 5.91 Å². The van der Waals surface area contributed by atoms with Crippen molar-refractivity contribution in [1.82, 2.24) is 5.43 Å². The Labute approximate surface area is 105 Å². The van der Waals surface area contributed by atoms with Gasteiger partial charge >= 0.3 is 0 Å². The Balaban J connectivity index is 2.76. The molecule has 0 aliphatic rings. The van der Waals surface area contributed by atoms with Gasteiger partial charge in [0.15, 0.2) is 5.11 Å². The van der Waals surface area contributed by atoms with Crippen molar-refractivity contribution in [3.63, 3.8) is 0 Å². The van der Waals surface area contributed by atoms with Gasteiger partial charge in [-0.3, -0.25) is 10.2 Å². The Bertz CT molecular complexity index is 453. The average Bonchev–Trinajstić information content (AvgIpc) is 2.26. The fourth-order valence-corrected chi connectivity index (χ4v) is 1.25. The number of nitrogens with one attached hydrogen (secondary N) is 2. The zero-order chi connectivity index (χ0) is 12.8. The van der Waals surface area contributed by atoms with E-state index in [4.69, 9.17) is 5.73 Å². The molecule has 0 aliphatic heterocycles. The summed E-state index contributed by atoms with van der Waals surface area (Å²) in [5, 5.41) is 6.81. The molecule has 0 heterocycles. The summed E-state index contributed by atoms with van der Waals surface area (Å²) in [6.07, 6.45) is 0. The van der Waals surface area contributed by atoms with Gasteiger partial charge in [-0.05, 0) is 36.8 Å². The van der Waals surface area contributed by atoms with Gasteiger partial charge < -0.3 is 11.1 Å². The third-order valence-electron chi connectivity index (χ3n) is 1.96. The van der Waals surface area contributed by atoms with Crippen molar-refractivity contribution in [2.75, 3.05) is 5.32 Å². The van der Waals surface area contributed by atoms with Crippen LogP contribution < -0.4 is 16.5 Å². The van der Waals surface area contributed by atoms with E-state index in [0.29, 0.717) is 0 Å². The topological polar surface area (TPSA) is 79.5 Å². The Morgan fingerprint density at radius 3 is 2.35 bits per heavy atom. The predicted octanol–water partition coefficient (Wildman–Crippen LogP) is 1.20. The quantitative estimate of drug-likeness (QED) is 0.428. The van der Waals surface area contributed by atoms with Crippen molar-refractivity contribution >= 4 is 34.6 Å². The van der Waals surface area contributed by atoms with Gasteiger partial charge in [0.1, 0.15) is 0 Å². The smallest absolute Gasteiger partial charge is 0.221 e. The molecule has 0 atom stereocenters. The highest BCUT2D eigenvalue weighted by molar-refractivity contribution is 7.80. The van der Waals surface area contributed by atoms with Crippen LogP contribution in [0.2, 0.25) is 0 Å². The summed E-state index contributed by atoms with van der Waals surface area (Å²) < 4.78 is 0. The zero-order valence-corrected chi connectivity index (χ0v) is 10.5. The highest BCUT2D eigenvalue weighted by Crippen LogP contribution is 2.10. The molecule has 0 aromatic heterocycles. The van der Waals surface area contributed by atoms with E-state index >= 15 is 0 Å². The molecule has 0 saturated carbocycles. The molecule has 5 nitrogen and oxygen atoms in total. The molecular formula is C11H14N4OS. The van der Waals surface area contributed by atoms with Crippen molar-refractivity contribution in [1.29, 1.82) is 0 Å². The number of rotatable bonds is 3. The molecule has 0 saturated heterocycles. The minimum Gasteiger partial charge on any atom is -0.375 e. The molecule has 1 aromatic carbocycles. The van der Waals surface area contributed by atoms with Crippen LogP contribution in [0, 0.1) is 0 Å². The van der Waals surface area contributed by atoms with E-state index in [1.165, 1.54) is 6.92 Å². The third-order valence-corrected chi connectivity index (χ3v) is 2.05. The molecule has 0 radical (unpaired) electrons. The van der Waals surface area contributed by atoms with Crippen LogP contribution in [0.25, 0.3) is 0 Å². The summed E-state index contributed by atoms with van der Waals surface area (Å²) >= 11 is 4.64. The van der Waals surface area contributed by atoms with Crippen LogP contribution in [0.15, 0.2) is 29.4 Å². The lowest BCUT2D eigenvalue weighted by atomic mass is 10.1. The van der Waals surface area contributed by atoms with E-state index < -0.39 is 0 Å². The molecule has 90 valence electrons. The van der Waals surface area contributed by atoms with E-state index in [1.54, 1.807) is 12.1 Å². The second-order valence-corrected chi connectivity index (χ2v) is 3.87. The van der Waals surface area contributed by atoms with Gasteiger partial charge in [-0.2, -0.15) is 5.10 Å². The summed E-state index contributed by atoms with van der Waals surface area (Å²) in [7, 11) is 0. The van der Waals surface area contributed by atoms with Crippen molar-refractivity contribution in [2.45, 2.75) is 13.8 Å². The second-order valence-electron chi connectivity index (χ2n) is 3.43. The Kier molecular flexibility index (Phi) is 4.59. The van der Waals surface area contributed by atoms with E-state index in [0.717, 1.165) is 17.0 Å². The SMILES string of the molecule is CC(=O)Nc1ccc(/C(C)=N\NC(N)=S)cc1. The minimum absolute atomic E-state index is 0.0988. The van der Waals surface area contributed by atoms with Crippen LogP contribution in [0.5, 0.6) is 0 Å². The number of carbonyl (C=O) groups excluding carboxylic acids is 1. The van der Waals surface area contributed by atoms with Gasteiger partial charge in [0.05, 0.1) is 5.71 Å². The molecule has 0 fully saturated rings. The molecule has 4 N–H and O–H groups in total. The predicted molar refractivity (Wildman–Crippen MR) is 72.9 cm³/mol. The van der Waals surface area contributed by atoms with Crippen molar-refractivity contribution in [3.05, 3.63) is 29.8 Å². The summed E-state index contributed by atoms with van der Waals surface area (Å²) in [4.78, 5) is 10.8. The van der Waals surface area contributed by atoms with Crippen molar-refractivity contribution in [2.24, 2.45) is 10.8 Å². The summed E-state index contributed by atoms with van der Waals surface area (Å²) in [5.41, 5.74) is 10.2. The lowest BCUT2D eigenvalue weighted by Crippen LogP contribution is -2.25. The van der Waals surface area contributed by atoms with Gasteiger partial charge in [0.25, 0.3) is 0 Å². The maximum Gasteiger partial charge on any atom is 0.221 e. The molecule has 0 aliphatic carbocycles. The normalized spacial score (nSPS) is 10.8. The van der Waals surface area contributed by atoms with Gasteiger partial charge in [-0.25, -0.2) is 0 Å². The standard InChI is InChI=1S/C11H14N4OS/c1-7(14-15-11(12)17)9-3-5-10(6-4-9)13-8(2)16/h3-6H,1-2H3,(H,13,16)(H3,12,15,17)/b14-7-. The fourth-order valence-electron chi connectivity index (χ4n) is 1.20. The monoisotopic (exact) mass is 250 g/mol. The highest BCUT2D eigenvalue weighted by atomic mass is 32.1. The summed E-state index contributed by atoms with van der Waals surface area (Å²) in [5.74, 6) is -0.0988. The Hall–Kier alpha value is -1.95. The van der Waals surface area contributed by atoms with Crippen LogP contribution in [0.1, 0.15) is 19.4 Å². The number of amides is 1. The fraction of sp³-hybridized carbons (Fsp3) is 0.182. The number of nitrogens with zero attached hydrogens (tertiary/aromatic N) is 1. The van der Waals surface area contributed by atoms with Gasteiger partial charge in [-0.1, -0.05) is 12.1 Å². The number of anilines is 1. The number of carbonyl (C=O) groups is 1. The Morgan fingerprint density at radius 2 is 1.88 bits per heavy atom. The van der Waals surface area contributed by atoms with Crippen molar-refractivity contribution < 1.29 is 4.79 Å². The second kappa shape index (κ2) is 5.95. The number of nitrogens with two attached hydrogens (primary N) is 1. The van der Waals surface area contributed by atoms with Crippen LogP contribution in [0.4, 0.5) is 5.69 Å². The van der Waals surface area contributed by atoms with Crippen LogP contribution in [-0.2, 0) is 4.79 Å². The van der Waals surface area contributed by atoms with E-state index in [9.17, 15) is 4.79 Å². The van der Waals surface area contributed by atoms with E-state index in [-0.39, 0.29) is 11.0 Å². The average molecular weight is 250 g/mol. The maximum atomic E-state index is 10.8. The number of hydrogen-bond acceptors (Lipinski definition) is 3. The molecule has 17 heavy (non-hydrogen) atoms. The largest absolute Gasteiger partial charge is 0.375 e. The summed E-state index contributed by atoms with van der Waals surface area (Å²) in [6, 6.07) is 7.31. The van der Waals surface area contributed by atoms with E-state index in [2.05, 4.69) is 28.1 Å². The summed E-state index contributed by atoms with van der Waals surface area (Å²) in [6.45, 7) is 3.30. The third kappa shape index (κ3) is 4.60. The highest BCUT2D eigenvalue weighted by Gasteiger charge is 1.99. The number of hydrazone groups is 1. The lowest BCUT2D eigenvalue weighted by molar-refractivity contribution is -0.114. The first-order valence-corrected chi connectivity index (χ1v) is 5.37. The molecular weight excluding hydrogens is 236 g/mol. The van der Waals surface area contributed by atoms with Gasteiger partial charge in [0, 0.05) is 12.6 Å². The molecule has 1 amide bonds. The van der Waals surface area contributed by atoms with Crippen LogP contribution >= 0.6 is 12.2 Å². The molecule has 1 aromatic rings. The number of benzene rings is 1.